The molecule has 2 aromatic rings. The maximum atomic E-state index is 12.6. The lowest BCUT2D eigenvalue weighted by molar-refractivity contribution is -0.140. The minimum absolute atomic E-state index is 0.182. The molecule has 1 fully saturated rings. The van der Waals surface area contributed by atoms with Gasteiger partial charge in [-0.2, -0.15) is 0 Å². The molecule has 2 atom stereocenters. The first kappa shape index (κ1) is 27.5. The summed E-state index contributed by atoms with van der Waals surface area (Å²) in [4.78, 5) is 51.6. The van der Waals surface area contributed by atoms with Gasteiger partial charge in [0.2, 0.25) is 0 Å². The summed E-state index contributed by atoms with van der Waals surface area (Å²) in [6.07, 6.45) is 0.380. The number of nitrogens with zero attached hydrogens (tertiary/aromatic N) is 2. The van der Waals surface area contributed by atoms with E-state index in [0.29, 0.717) is 39.3 Å². The third-order valence-electron chi connectivity index (χ3n) is 6.14. The zero-order chi connectivity index (χ0) is 26.6. The van der Waals surface area contributed by atoms with E-state index in [1.807, 2.05) is 48.5 Å². The van der Waals surface area contributed by atoms with E-state index >= 15 is 0 Å². The zero-order valence-corrected chi connectivity index (χ0v) is 20.5. The van der Waals surface area contributed by atoms with E-state index in [0.717, 1.165) is 11.1 Å². The van der Waals surface area contributed by atoms with Crippen molar-refractivity contribution in [3.8, 4) is 0 Å². The predicted molar refractivity (Wildman–Crippen MR) is 136 cm³/mol. The highest BCUT2D eigenvalue weighted by molar-refractivity contribution is 5.83. The molecule has 0 saturated carbocycles. The first-order chi connectivity index (χ1) is 17.8. The molecular weight excluding hydrogens is 478 g/mol. The third kappa shape index (κ3) is 9.12. The van der Waals surface area contributed by atoms with Crippen LogP contribution in [0.25, 0.3) is 0 Å². The minimum atomic E-state index is -1.11. The first-order valence-corrected chi connectivity index (χ1v) is 12.2. The Morgan fingerprint density at radius 2 is 1.22 bits per heavy atom. The van der Waals surface area contributed by atoms with E-state index < -0.39 is 36.1 Å². The number of benzene rings is 2. The highest BCUT2D eigenvalue weighted by Crippen LogP contribution is 2.07. The second kappa shape index (κ2) is 13.8. The molecule has 0 aromatic heterocycles. The number of carboxylic acid groups (broad SMARTS) is 2. The number of carboxylic acids is 2. The van der Waals surface area contributed by atoms with Gasteiger partial charge in [-0.1, -0.05) is 60.7 Å². The van der Waals surface area contributed by atoms with Gasteiger partial charge in [0.05, 0.1) is 0 Å². The summed E-state index contributed by atoms with van der Waals surface area (Å²) in [6.45, 7) is 2.83. The molecule has 1 saturated heterocycles. The maximum absolute atomic E-state index is 12.6. The van der Waals surface area contributed by atoms with Crippen molar-refractivity contribution in [2.24, 2.45) is 0 Å². The van der Waals surface area contributed by atoms with Crippen LogP contribution >= 0.6 is 0 Å². The topological polar surface area (TPSA) is 151 Å². The SMILES string of the molecule is O=C(NCCN1CCN(C(=O)N[C@@H](Cc2ccccc2)C(=O)O)CC1)N[C@H](Cc1ccccc1)C(=O)O. The Labute approximate surface area is 215 Å². The maximum Gasteiger partial charge on any atom is 0.326 e. The highest BCUT2D eigenvalue weighted by Gasteiger charge is 2.26. The number of hydrogen-bond acceptors (Lipinski definition) is 5. The second-order valence-electron chi connectivity index (χ2n) is 8.84. The van der Waals surface area contributed by atoms with Crippen molar-refractivity contribution in [3.63, 3.8) is 0 Å². The van der Waals surface area contributed by atoms with Crippen molar-refractivity contribution in [1.82, 2.24) is 25.8 Å². The summed E-state index contributed by atoms with van der Waals surface area (Å²) >= 11 is 0. The van der Waals surface area contributed by atoms with Gasteiger partial charge in [-0.3, -0.25) is 4.90 Å². The predicted octanol–water partition coefficient (Wildman–Crippen LogP) is 1.00. The molecule has 11 nitrogen and oxygen atoms in total. The van der Waals surface area contributed by atoms with Crippen molar-refractivity contribution in [3.05, 3.63) is 71.8 Å². The highest BCUT2D eigenvalue weighted by atomic mass is 16.4. The van der Waals surface area contributed by atoms with Crippen LogP contribution in [0.2, 0.25) is 0 Å². The summed E-state index contributed by atoms with van der Waals surface area (Å²) in [5.41, 5.74) is 1.64. The van der Waals surface area contributed by atoms with E-state index in [2.05, 4.69) is 20.9 Å². The van der Waals surface area contributed by atoms with Gasteiger partial charge >= 0.3 is 24.0 Å². The van der Waals surface area contributed by atoms with Crippen LogP contribution in [0.15, 0.2) is 60.7 Å². The zero-order valence-electron chi connectivity index (χ0n) is 20.5. The van der Waals surface area contributed by atoms with Crippen molar-refractivity contribution < 1.29 is 29.4 Å². The number of aliphatic carboxylic acids is 2. The Bertz CT molecular complexity index is 1040. The molecule has 0 aliphatic carbocycles. The molecule has 3 rings (SSSR count). The molecule has 11 heteroatoms. The lowest BCUT2D eigenvalue weighted by atomic mass is 10.1. The number of carbonyl (C=O) groups is 4. The fourth-order valence-corrected chi connectivity index (χ4v) is 4.05. The summed E-state index contributed by atoms with van der Waals surface area (Å²) in [7, 11) is 0. The van der Waals surface area contributed by atoms with Gasteiger partial charge in [-0.15, -0.1) is 0 Å². The van der Waals surface area contributed by atoms with Crippen molar-refractivity contribution in [2.75, 3.05) is 39.3 Å². The summed E-state index contributed by atoms with van der Waals surface area (Å²) in [6, 6.07) is 15.2. The van der Waals surface area contributed by atoms with Crippen molar-refractivity contribution in [2.45, 2.75) is 24.9 Å². The monoisotopic (exact) mass is 511 g/mol. The van der Waals surface area contributed by atoms with E-state index in [9.17, 15) is 29.4 Å². The lowest BCUT2D eigenvalue weighted by Gasteiger charge is -2.35. The molecule has 0 radical (unpaired) electrons. The summed E-state index contributed by atoms with van der Waals surface area (Å²) < 4.78 is 0. The van der Waals surface area contributed by atoms with Crippen LogP contribution in [0.4, 0.5) is 9.59 Å². The van der Waals surface area contributed by atoms with Crippen LogP contribution in [0.3, 0.4) is 0 Å². The molecule has 198 valence electrons. The number of piperazine rings is 1. The Kier molecular flexibility index (Phi) is 10.3. The lowest BCUT2D eigenvalue weighted by Crippen LogP contribution is -2.56. The van der Waals surface area contributed by atoms with Gasteiger partial charge in [-0.05, 0) is 11.1 Å². The van der Waals surface area contributed by atoms with Crippen molar-refractivity contribution >= 4 is 24.0 Å². The minimum Gasteiger partial charge on any atom is -0.480 e. The standard InChI is InChI=1S/C26H33N5O6/c32-23(33)21(17-19-7-3-1-4-8-19)28-25(36)27-11-12-30-13-15-31(16-14-30)26(37)29-22(24(34)35)18-20-9-5-2-6-10-20/h1-10,21-22H,11-18H2,(H,29,37)(H,32,33)(H,34,35)(H2,27,28,36)/t21-,22+/m1/s1. The van der Waals surface area contributed by atoms with Crippen molar-refractivity contribution in [1.29, 1.82) is 0 Å². The fraction of sp³-hybridized carbons (Fsp3) is 0.385. The molecule has 1 aliphatic heterocycles. The van der Waals surface area contributed by atoms with Gasteiger partial charge in [0.25, 0.3) is 0 Å². The van der Waals surface area contributed by atoms with E-state index in [4.69, 9.17) is 0 Å². The molecule has 37 heavy (non-hydrogen) atoms. The average molecular weight is 512 g/mol. The molecule has 1 heterocycles. The number of amides is 4. The smallest absolute Gasteiger partial charge is 0.326 e. The molecule has 0 unspecified atom stereocenters. The Hall–Kier alpha value is -4.12. The number of nitrogens with one attached hydrogen (secondary N) is 3. The van der Waals surface area contributed by atoms with Gasteiger partial charge < -0.3 is 31.1 Å². The van der Waals surface area contributed by atoms with E-state index in [1.165, 1.54) is 0 Å². The number of urea groups is 2. The normalized spacial score (nSPS) is 15.3. The average Bonchev–Trinajstić information content (AvgIpc) is 2.89. The Morgan fingerprint density at radius 1 is 0.730 bits per heavy atom. The largest absolute Gasteiger partial charge is 0.480 e. The molecule has 0 bridgehead atoms. The number of rotatable bonds is 11. The molecule has 2 aromatic carbocycles. The Balaban J connectivity index is 1.36. The van der Waals surface area contributed by atoms with Crippen LogP contribution < -0.4 is 16.0 Å². The van der Waals surface area contributed by atoms with E-state index in [-0.39, 0.29) is 12.8 Å². The van der Waals surface area contributed by atoms with Gasteiger partial charge in [0.1, 0.15) is 12.1 Å². The number of carbonyl (C=O) groups excluding carboxylic acids is 2. The summed E-state index contributed by atoms with van der Waals surface area (Å²) in [5.74, 6) is -2.20. The molecule has 1 aliphatic rings. The van der Waals surface area contributed by atoms with E-state index in [1.54, 1.807) is 17.0 Å². The Morgan fingerprint density at radius 3 is 1.70 bits per heavy atom. The first-order valence-electron chi connectivity index (χ1n) is 12.2. The molecular formula is C26H33N5O6. The second-order valence-corrected chi connectivity index (χ2v) is 8.84. The van der Waals surface area contributed by atoms with Crippen LogP contribution in [-0.4, -0.2) is 95.4 Å². The van der Waals surface area contributed by atoms with Crippen LogP contribution in [-0.2, 0) is 22.4 Å². The third-order valence-corrected chi connectivity index (χ3v) is 6.14. The fourth-order valence-electron chi connectivity index (χ4n) is 4.05. The van der Waals surface area contributed by atoms with Gasteiger partial charge in [0.15, 0.2) is 0 Å². The quantitative estimate of drug-likeness (QED) is 0.302. The molecule has 5 N–H and O–H groups in total. The van der Waals surface area contributed by atoms with Gasteiger partial charge in [-0.25, -0.2) is 19.2 Å². The number of hydrogen-bond donors (Lipinski definition) is 5. The van der Waals surface area contributed by atoms with Crippen LogP contribution in [0.1, 0.15) is 11.1 Å². The summed E-state index contributed by atoms with van der Waals surface area (Å²) in [5, 5.41) is 26.7. The van der Waals surface area contributed by atoms with Gasteiger partial charge in [0, 0.05) is 52.1 Å². The van der Waals surface area contributed by atoms with Crippen LogP contribution in [0, 0.1) is 0 Å². The van der Waals surface area contributed by atoms with Crippen LogP contribution in [0.5, 0.6) is 0 Å². The molecule has 4 amide bonds. The molecule has 0 spiro atoms.